The lowest BCUT2D eigenvalue weighted by molar-refractivity contribution is -0.123. The lowest BCUT2D eigenvalue weighted by Gasteiger charge is -2.08. The fraction of sp³-hybridized carbons (Fsp3) is 0.192. The van der Waals surface area contributed by atoms with Gasteiger partial charge in [-0.15, -0.1) is 0 Å². The summed E-state index contributed by atoms with van der Waals surface area (Å²) >= 11 is 9.25. The molecule has 0 spiro atoms. The fourth-order valence-corrected chi connectivity index (χ4v) is 3.45. The largest absolute Gasteiger partial charge is 0.484 e. The molecule has 176 valence electrons. The molecule has 1 amide bonds. The lowest BCUT2D eigenvalue weighted by Crippen LogP contribution is -2.24. The van der Waals surface area contributed by atoms with Gasteiger partial charge in [0.25, 0.3) is 5.91 Å². The number of aryl methyl sites for hydroxylation is 1. The Kier molecular flexibility index (Phi) is 9.67. The Labute approximate surface area is 212 Å². The molecule has 0 saturated heterocycles. The summed E-state index contributed by atoms with van der Waals surface area (Å²) in [6.07, 6.45) is 4.71. The van der Waals surface area contributed by atoms with Crippen LogP contribution >= 0.6 is 27.5 Å². The number of esters is 1. The van der Waals surface area contributed by atoms with Crippen molar-refractivity contribution in [2.24, 2.45) is 5.10 Å². The summed E-state index contributed by atoms with van der Waals surface area (Å²) < 4.78 is 11.8. The van der Waals surface area contributed by atoms with Gasteiger partial charge in [-0.2, -0.15) is 5.10 Å². The zero-order valence-corrected chi connectivity index (χ0v) is 20.9. The van der Waals surface area contributed by atoms with Crippen LogP contribution in [0, 0.1) is 0 Å². The standard InChI is InChI=1S/C26H24BrClN2O4/c1-2-3-4-18-5-12-23(13-6-18)33-17-25(31)30-29-16-20-15-21(27)9-14-24(20)34-26(32)19-7-10-22(28)11-8-19/h5-16H,2-4,17H2,1H3,(H,30,31). The Morgan fingerprint density at radius 3 is 2.50 bits per heavy atom. The number of halogens is 2. The van der Waals surface area contributed by atoms with Crippen LogP contribution in [0.5, 0.6) is 11.5 Å². The molecule has 3 aromatic rings. The summed E-state index contributed by atoms with van der Waals surface area (Å²) in [5, 5.41) is 4.49. The van der Waals surface area contributed by atoms with Gasteiger partial charge < -0.3 is 9.47 Å². The first-order chi connectivity index (χ1) is 16.4. The van der Waals surface area contributed by atoms with Crippen molar-refractivity contribution < 1.29 is 19.1 Å². The smallest absolute Gasteiger partial charge is 0.343 e. The second kappa shape index (κ2) is 12.9. The maximum Gasteiger partial charge on any atom is 0.343 e. The van der Waals surface area contributed by atoms with Gasteiger partial charge in [0.05, 0.1) is 11.8 Å². The van der Waals surface area contributed by atoms with Crippen molar-refractivity contribution in [2.45, 2.75) is 26.2 Å². The maximum absolute atomic E-state index is 12.4. The van der Waals surface area contributed by atoms with Gasteiger partial charge >= 0.3 is 5.97 Å². The number of unbranched alkanes of at least 4 members (excludes halogenated alkanes) is 1. The average Bonchev–Trinajstić information content (AvgIpc) is 2.84. The molecule has 8 heteroatoms. The van der Waals surface area contributed by atoms with Crippen molar-refractivity contribution in [3.05, 3.63) is 92.9 Å². The van der Waals surface area contributed by atoms with E-state index in [1.54, 1.807) is 42.5 Å². The van der Waals surface area contributed by atoms with Gasteiger partial charge in [-0.1, -0.05) is 53.0 Å². The Hall–Kier alpha value is -3.16. The van der Waals surface area contributed by atoms with Gasteiger partial charge in [-0.25, -0.2) is 10.2 Å². The first kappa shape index (κ1) is 25.5. The third kappa shape index (κ3) is 8.01. The van der Waals surface area contributed by atoms with Crippen molar-refractivity contribution in [2.75, 3.05) is 6.61 Å². The van der Waals surface area contributed by atoms with E-state index in [-0.39, 0.29) is 6.61 Å². The van der Waals surface area contributed by atoms with Crippen LogP contribution in [0.3, 0.4) is 0 Å². The number of amides is 1. The molecule has 0 radical (unpaired) electrons. The highest BCUT2D eigenvalue weighted by Crippen LogP contribution is 2.23. The first-order valence-electron chi connectivity index (χ1n) is 10.8. The van der Waals surface area contributed by atoms with Gasteiger partial charge in [0.2, 0.25) is 0 Å². The molecule has 3 rings (SSSR count). The normalized spacial score (nSPS) is 10.8. The first-order valence-corrected chi connectivity index (χ1v) is 11.9. The predicted octanol–water partition coefficient (Wildman–Crippen LogP) is 6.19. The Bertz CT molecular complexity index is 1150. The number of hydrazone groups is 1. The van der Waals surface area contributed by atoms with Crippen molar-refractivity contribution in [1.82, 2.24) is 5.43 Å². The summed E-state index contributed by atoms with van der Waals surface area (Å²) in [6.45, 7) is 1.98. The quantitative estimate of drug-likeness (QED) is 0.143. The van der Waals surface area contributed by atoms with Crippen LogP contribution in [-0.2, 0) is 11.2 Å². The van der Waals surface area contributed by atoms with Crippen molar-refractivity contribution in [3.63, 3.8) is 0 Å². The van der Waals surface area contributed by atoms with E-state index in [0.717, 1.165) is 23.7 Å². The number of hydrogen-bond acceptors (Lipinski definition) is 5. The minimum atomic E-state index is -0.535. The number of rotatable bonds is 10. The molecule has 0 aromatic heterocycles. The van der Waals surface area contributed by atoms with E-state index in [0.29, 0.717) is 27.6 Å². The Morgan fingerprint density at radius 1 is 1.06 bits per heavy atom. The highest BCUT2D eigenvalue weighted by molar-refractivity contribution is 9.10. The second-order valence-corrected chi connectivity index (χ2v) is 8.76. The molecule has 0 aliphatic heterocycles. The fourth-order valence-electron chi connectivity index (χ4n) is 2.95. The average molecular weight is 544 g/mol. The highest BCUT2D eigenvalue weighted by atomic mass is 79.9. The number of carbonyl (C=O) groups excluding carboxylic acids is 2. The lowest BCUT2D eigenvalue weighted by atomic mass is 10.1. The molecule has 0 aliphatic carbocycles. The molecular weight excluding hydrogens is 520 g/mol. The molecule has 1 N–H and O–H groups in total. The zero-order valence-electron chi connectivity index (χ0n) is 18.6. The van der Waals surface area contributed by atoms with E-state index in [1.165, 1.54) is 11.8 Å². The molecule has 3 aromatic carbocycles. The maximum atomic E-state index is 12.4. The topological polar surface area (TPSA) is 77.0 Å². The molecule has 0 atom stereocenters. The van der Waals surface area contributed by atoms with Gasteiger partial charge in [-0.05, 0) is 73.0 Å². The number of ether oxygens (including phenoxy) is 2. The van der Waals surface area contributed by atoms with Crippen LogP contribution in [0.15, 0.2) is 76.3 Å². The van der Waals surface area contributed by atoms with Gasteiger partial charge in [0.1, 0.15) is 11.5 Å². The van der Waals surface area contributed by atoms with Crippen LogP contribution in [0.1, 0.15) is 41.3 Å². The number of hydrogen-bond donors (Lipinski definition) is 1. The van der Waals surface area contributed by atoms with Crippen LogP contribution in [0.4, 0.5) is 0 Å². The zero-order chi connectivity index (χ0) is 24.3. The van der Waals surface area contributed by atoms with E-state index in [4.69, 9.17) is 21.1 Å². The number of benzene rings is 3. The third-order valence-electron chi connectivity index (χ3n) is 4.76. The monoisotopic (exact) mass is 542 g/mol. The summed E-state index contributed by atoms with van der Waals surface area (Å²) in [5.74, 6) is -0.0452. The van der Waals surface area contributed by atoms with Crippen LogP contribution < -0.4 is 14.9 Å². The molecule has 0 heterocycles. The molecule has 0 fully saturated rings. The minimum absolute atomic E-state index is 0.178. The summed E-state index contributed by atoms with van der Waals surface area (Å²) in [7, 11) is 0. The Balaban J connectivity index is 1.55. The Morgan fingerprint density at radius 2 is 1.79 bits per heavy atom. The van der Waals surface area contributed by atoms with E-state index in [1.807, 2.05) is 24.3 Å². The molecule has 0 aliphatic rings. The second-order valence-electron chi connectivity index (χ2n) is 7.41. The van der Waals surface area contributed by atoms with E-state index >= 15 is 0 Å². The summed E-state index contributed by atoms with van der Waals surface area (Å²) in [5.41, 5.74) is 4.52. The number of carbonyl (C=O) groups is 2. The molecule has 0 bridgehead atoms. The number of nitrogens with zero attached hydrogens (tertiary/aromatic N) is 1. The molecule has 0 unspecified atom stereocenters. The third-order valence-corrected chi connectivity index (χ3v) is 5.50. The highest BCUT2D eigenvalue weighted by Gasteiger charge is 2.12. The van der Waals surface area contributed by atoms with Crippen molar-refractivity contribution in [1.29, 1.82) is 0 Å². The van der Waals surface area contributed by atoms with Gasteiger partial charge in [0, 0.05) is 15.1 Å². The molecule has 6 nitrogen and oxygen atoms in total. The van der Waals surface area contributed by atoms with Crippen LogP contribution in [0.25, 0.3) is 0 Å². The predicted molar refractivity (Wildman–Crippen MR) is 137 cm³/mol. The van der Waals surface area contributed by atoms with Crippen molar-refractivity contribution in [3.8, 4) is 11.5 Å². The van der Waals surface area contributed by atoms with E-state index in [9.17, 15) is 9.59 Å². The number of nitrogens with one attached hydrogen (secondary N) is 1. The molecule has 0 saturated carbocycles. The van der Waals surface area contributed by atoms with Gasteiger partial charge in [-0.3, -0.25) is 4.79 Å². The van der Waals surface area contributed by atoms with E-state index < -0.39 is 11.9 Å². The SMILES string of the molecule is CCCCc1ccc(OCC(=O)NN=Cc2cc(Br)ccc2OC(=O)c2ccc(Cl)cc2)cc1. The van der Waals surface area contributed by atoms with Crippen LogP contribution in [0.2, 0.25) is 5.02 Å². The van der Waals surface area contributed by atoms with E-state index in [2.05, 4.69) is 33.4 Å². The summed E-state index contributed by atoms with van der Waals surface area (Å²) in [4.78, 5) is 24.5. The minimum Gasteiger partial charge on any atom is -0.484 e. The summed E-state index contributed by atoms with van der Waals surface area (Å²) in [6, 6.07) is 19.2. The van der Waals surface area contributed by atoms with Crippen molar-refractivity contribution >= 4 is 45.6 Å². The molecular formula is C26H24BrClN2O4. The van der Waals surface area contributed by atoms with Gasteiger partial charge in [0.15, 0.2) is 6.61 Å². The van der Waals surface area contributed by atoms with Crippen LogP contribution in [-0.4, -0.2) is 24.7 Å². The molecule has 34 heavy (non-hydrogen) atoms.